The third-order valence-corrected chi connectivity index (χ3v) is 5.54. The molecule has 2 heterocycles. The quantitative estimate of drug-likeness (QED) is 0.420. The zero-order chi connectivity index (χ0) is 27.0. The second kappa shape index (κ2) is 12.4. The lowest BCUT2D eigenvalue weighted by atomic mass is 9.89. The molecule has 1 atom stereocenters. The second-order valence-electron chi connectivity index (χ2n) is 7.67. The van der Waals surface area contributed by atoms with Crippen LogP contribution in [0.25, 0.3) is 10.8 Å². The van der Waals surface area contributed by atoms with Crippen LogP contribution < -0.4 is 24.4 Å². The van der Waals surface area contributed by atoms with Gasteiger partial charge in [-0.2, -0.15) is 0 Å². The highest BCUT2D eigenvalue weighted by Crippen LogP contribution is 2.46. The normalized spacial score (nSPS) is 16.0. The van der Waals surface area contributed by atoms with Gasteiger partial charge in [-0.3, -0.25) is 9.59 Å². The predicted octanol–water partition coefficient (Wildman–Crippen LogP) is 5.79. The lowest BCUT2D eigenvalue weighted by molar-refractivity contribution is -0.149. The first-order chi connectivity index (χ1) is 17.3. The molecule has 0 fully saturated rings. The lowest BCUT2D eigenvalue weighted by Gasteiger charge is -2.35. The summed E-state index contributed by atoms with van der Waals surface area (Å²) in [6, 6.07) is 8.05. The van der Waals surface area contributed by atoms with E-state index >= 15 is 0 Å². The van der Waals surface area contributed by atoms with Crippen LogP contribution in [0, 0.1) is 0 Å². The van der Waals surface area contributed by atoms with Gasteiger partial charge in [0.15, 0.2) is 11.2 Å². The molecule has 1 aliphatic rings. The molecular weight excluding hydrogens is 464 g/mol. The number of carbonyl (C=O) groups excluding carboxylic acids is 1. The summed E-state index contributed by atoms with van der Waals surface area (Å²) < 4.78 is 33.4. The number of ether oxygens (including phenoxy) is 5. The lowest BCUT2D eigenvalue weighted by Crippen LogP contribution is -2.41. The van der Waals surface area contributed by atoms with Gasteiger partial charge >= 0.3 is 0 Å². The van der Waals surface area contributed by atoms with E-state index in [0.29, 0.717) is 39.5 Å². The van der Waals surface area contributed by atoms with Gasteiger partial charge in [-0.25, -0.2) is 0 Å². The van der Waals surface area contributed by atoms with Crippen LogP contribution >= 0.6 is 0 Å². The van der Waals surface area contributed by atoms with Gasteiger partial charge in [0.2, 0.25) is 5.79 Å². The van der Waals surface area contributed by atoms with Crippen molar-refractivity contribution in [3.8, 4) is 23.2 Å². The van der Waals surface area contributed by atoms with Gasteiger partial charge < -0.3 is 28.1 Å². The average Bonchev–Trinajstić information content (AvgIpc) is 2.89. The number of hydrogen-bond donors (Lipinski definition) is 0. The molecule has 8 heteroatoms. The van der Waals surface area contributed by atoms with Gasteiger partial charge in [-0.05, 0) is 23.1 Å². The summed E-state index contributed by atoms with van der Waals surface area (Å²) in [7, 11) is 6.02. The molecule has 36 heavy (non-hydrogen) atoms. The highest BCUT2D eigenvalue weighted by molar-refractivity contribution is 6.09. The predicted molar refractivity (Wildman–Crippen MR) is 139 cm³/mol. The molecule has 8 nitrogen and oxygen atoms in total. The summed E-state index contributed by atoms with van der Waals surface area (Å²) in [6.07, 6.45) is 0.221. The molecule has 3 aromatic rings. The first kappa shape index (κ1) is 28.7. The van der Waals surface area contributed by atoms with Crippen molar-refractivity contribution < 1.29 is 32.9 Å². The van der Waals surface area contributed by atoms with Crippen molar-refractivity contribution in [2.24, 2.45) is 0 Å². The van der Waals surface area contributed by atoms with Crippen molar-refractivity contribution in [1.29, 1.82) is 0 Å². The minimum atomic E-state index is -1.12. The first-order valence-electron chi connectivity index (χ1n) is 12.0. The molecule has 1 aromatic heterocycles. The van der Waals surface area contributed by atoms with Crippen LogP contribution in [0.3, 0.4) is 0 Å². The number of benzene rings is 2. The number of Topliss-reactive ketones (excluding diaryl/α,β-unsaturated/α-hetero) is 1. The van der Waals surface area contributed by atoms with Gasteiger partial charge in [0.1, 0.15) is 23.0 Å². The third-order valence-electron chi connectivity index (χ3n) is 5.54. The van der Waals surface area contributed by atoms with Crippen molar-refractivity contribution in [3.63, 3.8) is 0 Å². The zero-order valence-electron chi connectivity index (χ0n) is 22.6. The summed E-state index contributed by atoms with van der Waals surface area (Å²) in [4.78, 5) is 25.3. The molecule has 0 amide bonds. The Bertz CT molecular complexity index is 1260. The van der Waals surface area contributed by atoms with E-state index in [9.17, 15) is 9.59 Å². The fourth-order valence-corrected chi connectivity index (χ4v) is 3.95. The van der Waals surface area contributed by atoms with Crippen LogP contribution in [0.2, 0.25) is 0 Å². The third kappa shape index (κ3) is 5.82. The molecule has 0 bridgehead atoms. The Morgan fingerprint density at radius 1 is 0.889 bits per heavy atom. The number of rotatable bonds is 6. The molecule has 1 unspecified atom stereocenters. The molecule has 0 saturated heterocycles. The standard InChI is InChI=1S/C24H24O8.2C2H6/c1-24(30-5)12-18(26)21-13(8-17-9-15(25)10-20(29-4)31-17)6-14-7-16(27-2)11-19(28-3)22(14)23(21)32-24;2*1-2/h6-7,9-11H,8,12H2,1-5H3;2*1-2H3. The van der Waals surface area contributed by atoms with Crippen molar-refractivity contribution in [3.05, 3.63) is 57.4 Å². The number of methoxy groups -OCH3 is 4. The fraction of sp³-hybridized carbons (Fsp3) is 0.429. The molecule has 2 aromatic carbocycles. The Kier molecular flexibility index (Phi) is 9.93. The van der Waals surface area contributed by atoms with Crippen LogP contribution in [0.4, 0.5) is 0 Å². The largest absolute Gasteiger partial charge is 0.497 e. The minimum absolute atomic E-state index is 0.0372. The smallest absolute Gasteiger partial charge is 0.288 e. The summed E-state index contributed by atoms with van der Waals surface area (Å²) in [5.41, 5.74) is 0.791. The number of fused-ring (bicyclic) bond motifs is 3. The minimum Gasteiger partial charge on any atom is -0.497 e. The first-order valence-corrected chi connectivity index (χ1v) is 12.0. The second-order valence-corrected chi connectivity index (χ2v) is 7.67. The molecule has 0 N–H and O–H groups in total. The molecule has 1 aliphatic heterocycles. The fourth-order valence-electron chi connectivity index (χ4n) is 3.95. The maximum Gasteiger partial charge on any atom is 0.288 e. The maximum absolute atomic E-state index is 13.3. The van der Waals surface area contributed by atoms with E-state index < -0.39 is 5.79 Å². The number of carbonyl (C=O) groups is 1. The summed E-state index contributed by atoms with van der Waals surface area (Å²) in [6.45, 7) is 9.71. The highest BCUT2D eigenvalue weighted by atomic mass is 16.7. The maximum atomic E-state index is 13.3. The van der Waals surface area contributed by atoms with Crippen LogP contribution in [0.15, 0.2) is 39.5 Å². The van der Waals surface area contributed by atoms with Crippen molar-refractivity contribution in [2.75, 3.05) is 28.4 Å². The van der Waals surface area contributed by atoms with E-state index in [1.165, 1.54) is 26.4 Å². The average molecular weight is 501 g/mol. The Morgan fingerprint density at radius 2 is 1.58 bits per heavy atom. The van der Waals surface area contributed by atoms with Crippen LogP contribution in [-0.4, -0.2) is 40.0 Å². The molecule has 0 aliphatic carbocycles. The van der Waals surface area contributed by atoms with Gasteiger partial charge in [0.25, 0.3) is 5.95 Å². The van der Waals surface area contributed by atoms with Crippen LogP contribution in [0.5, 0.6) is 23.2 Å². The van der Waals surface area contributed by atoms with E-state index in [1.807, 2.05) is 39.8 Å². The van der Waals surface area contributed by atoms with Crippen molar-refractivity contribution >= 4 is 16.6 Å². The van der Waals surface area contributed by atoms with Crippen molar-refractivity contribution in [1.82, 2.24) is 0 Å². The Hall–Kier alpha value is -3.52. The molecular formula is C28H36O8. The van der Waals surface area contributed by atoms with Crippen LogP contribution in [-0.2, 0) is 11.2 Å². The van der Waals surface area contributed by atoms with E-state index in [2.05, 4.69) is 0 Å². The summed E-state index contributed by atoms with van der Waals surface area (Å²) in [5, 5.41) is 1.38. The Morgan fingerprint density at radius 3 is 2.17 bits per heavy atom. The monoisotopic (exact) mass is 500 g/mol. The zero-order valence-corrected chi connectivity index (χ0v) is 22.6. The van der Waals surface area contributed by atoms with Gasteiger partial charge in [-0.1, -0.05) is 27.7 Å². The number of ketones is 1. The van der Waals surface area contributed by atoms with Crippen molar-refractivity contribution in [2.45, 2.75) is 53.2 Å². The van der Waals surface area contributed by atoms with Crippen LogP contribution in [0.1, 0.15) is 62.7 Å². The Balaban J connectivity index is 0.00000109. The van der Waals surface area contributed by atoms with E-state index in [-0.39, 0.29) is 30.0 Å². The van der Waals surface area contributed by atoms with E-state index in [1.54, 1.807) is 27.2 Å². The van der Waals surface area contributed by atoms with Gasteiger partial charge in [0, 0.05) is 32.6 Å². The molecule has 0 spiro atoms. The molecule has 4 rings (SSSR count). The van der Waals surface area contributed by atoms with E-state index in [4.69, 9.17) is 28.1 Å². The SMILES string of the molecule is CC.CC.COc1cc(OC)c2c3c(c(Cc4cc(=O)cc(OC)o4)cc2c1)C(=O)CC(C)(OC)O3. The summed E-state index contributed by atoms with van der Waals surface area (Å²) in [5.74, 6) is 0.647. The Labute approximate surface area is 212 Å². The number of hydrogen-bond acceptors (Lipinski definition) is 8. The molecule has 0 radical (unpaired) electrons. The topological polar surface area (TPSA) is 93.4 Å². The summed E-state index contributed by atoms with van der Waals surface area (Å²) >= 11 is 0. The van der Waals surface area contributed by atoms with Gasteiger partial charge in [-0.15, -0.1) is 0 Å². The molecule has 0 saturated carbocycles. The molecule has 196 valence electrons. The highest BCUT2D eigenvalue weighted by Gasteiger charge is 2.39. The van der Waals surface area contributed by atoms with Gasteiger partial charge in [0.05, 0.1) is 44.8 Å². The van der Waals surface area contributed by atoms with E-state index in [0.717, 1.165) is 5.39 Å².